The van der Waals surface area contributed by atoms with Gasteiger partial charge in [-0.1, -0.05) is 6.92 Å². The Morgan fingerprint density at radius 3 is 1.76 bits per heavy atom. The molecule has 0 N–H and O–H groups in total. The van der Waals surface area contributed by atoms with Crippen LogP contribution in [0.25, 0.3) is 0 Å². The lowest BCUT2D eigenvalue weighted by atomic mass is 9.91. The van der Waals surface area contributed by atoms with Crippen LogP contribution < -0.4 is 17.1 Å². The van der Waals surface area contributed by atoms with Crippen molar-refractivity contribution in [2.75, 3.05) is 20.8 Å². The van der Waals surface area contributed by atoms with E-state index in [0.717, 1.165) is 13.7 Å². The van der Waals surface area contributed by atoms with Crippen LogP contribution in [0.1, 0.15) is 27.2 Å². The van der Waals surface area contributed by atoms with Gasteiger partial charge in [0.25, 0.3) is 0 Å². The fourth-order valence-electron chi connectivity index (χ4n) is 1.92. The van der Waals surface area contributed by atoms with Crippen LogP contribution in [-0.4, -0.2) is 40.5 Å². The van der Waals surface area contributed by atoms with Crippen LogP contribution >= 0.6 is 0 Å². The molecule has 0 radical (unpaired) electrons. The normalized spacial score (nSPS) is 11.6. The maximum atomic E-state index is 12.3. The number of esters is 1. The first-order valence-electron chi connectivity index (χ1n) is 7.80. The molecule has 0 fully saturated rings. The van der Waals surface area contributed by atoms with E-state index in [1.54, 1.807) is 13.8 Å². The molecule has 0 amide bonds. The number of hydrogen-bond acceptors (Lipinski definition) is 7. The molecule has 10 heteroatoms. The summed E-state index contributed by atoms with van der Waals surface area (Å²) in [6.45, 7) is 4.36. The molecule has 0 spiro atoms. The Kier molecular flexibility index (Phi) is 7.31. The molecule has 0 saturated heterocycles. The van der Waals surface area contributed by atoms with Gasteiger partial charge in [-0.3, -0.25) is 4.79 Å². The van der Waals surface area contributed by atoms with E-state index in [2.05, 4.69) is 0 Å². The lowest BCUT2D eigenvalue weighted by Crippen LogP contribution is -2.55. The Morgan fingerprint density at radius 1 is 0.920 bits per heavy atom. The first-order valence-corrected chi connectivity index (χ1v) is 7.80. The Hall–Kier alpha value is -2.20. The minimum atomic E-state index is -0.838. The van der Waals surface area contributed by atoms with E-state index < -0.39 is 28.5 Å². The minimum Gasteiger partial charge on any atom is -0.463 e. The Labute approximate surface area is 144 Å². The number of carbonyl (C=O) groups is 1. The largest absolute Gasteiger partial charge is 0.463 e. The summed E-state index contributed by atoms with van der Waals surface area (Å²) in [7, 11) is 2.63. The summed E-state index contributed by atoms with van der Waals surface area (Å²) in [5, 5.41) is 0. The average molecular weight is 359 g/mol. The summed E-state index contributed by atoms with van der Waals surface area (Å²) in [5.41, 5.74) is -3.17. The number of carbonyl (C=O) groups excluding carboxylic acids is 1. The maximum absolute atomic E-state index is 12.3. The second-order valence-corrected chi connectivity index (χ2v) is 6.06. The predicted molar refractivity (Wildman–Crippen MR) is 88.3 cm³/mol. The van der Waals surface area contributed by atoms with E-state index in [9.17, 15) is 19.2 Å². The molecular weight excluding hydrogens is 334 g/mol. The molecule has 0 unspecified atom stereocenters. The highest BCUT2D eigenvalue weighted by Gasteiger charge is 2.27. The van der Waals surface area contributed by atoms with Crippen molar-refractivity contribution in [3.05, 3.63) is 31.5 Å². The smallest absolute Gasteiger partial charge is 0.340 e. The second kappa shape index (κ2) is 8.77. The molecule has 142 valence electrons. The molecule has 0 aliphatic rings. The molecule has 0 aromatic carbocycles. The zero-order valence-electron chi connectivity index (χ0n) is 15.2. The third-order valence-electron chi connectivity index (χ3n) is 3.89. The van der Waals surface area contributed by atoms with E-state index in [1.165, 1.54) is 14.2 Å². The topological polar surface area (TPSA) is 111 Å². The van der Waals surface area contributed by atoms with Crippen LogP contribution in [0.15, 0.2) is 14.4 Å². The highest BCUT2D eigenvalue weighted by molar-refractivity contribution is 5.75. The number of aromatic nitrogens is 3. The lowest BCUT2D eigenvalue weighted by molar-refractivity contribution is -0.154. The summed E-state index contributed by atoms with van der Waals surface area (Å²) < 4.78 is 17.1. The average Bonchev–Trinajstić information content (AvgIpc) is 2.58. The summed E-state index contributed by atoms with van der Waals surface area (Å²) in [5.74, 6) is -0.425. The summed E-state index contributed by atoms with van der Waals surface area (Å²) in [4.78, 5) is 48.8. The van der Waals surface area contributed by atoms with Crippen molar-refractivity contribution in [3.8, 4) is 0 Å². The van der Waals surface area contributed by atoms with Crippen molar-refractivity contribution in [2.45, 2.75) is 47.2 Å². The van der Waals surface area contributed by atoms with Crippen molar-refractivity contribution in [3.63, 3.8) is 0 Å². The van der Waals surface area contributed by atoms with Gasteiger partial charge in [-0.25, -0.2) is 28.1 Å². The quantitative estimate of drug-likeness (QED) is 0.539. The Morgan fingerprint density at radius 2 is 1.36 bits per heavy atom. The molecule has 1 aromatic rings. The van der Waals surface area contributed by atoms with E-state index in [0.29, 0.717) is 6.42 Å². The standard InChI is InChI=1S/C15H25N3O7/c1-6-15(2,3)11(19)25-8-7-16-12(20)17(9-23-4)14(22)18(10-24-5)13(16)21/h6-10H2,1-5H3. The van der Waals surface area contributed by atoms with Gasteiger partial charge >= 0.3 is 23.0 Å². The second-order valence-electron chi connectivity index (χ2n) is 6.06. The van der Waals surface area contributed by atoms with Gasteiger partial charge in [0.2, 0.25) is 0 Å². The van der Waals surface area contributed by atoms with E-state index >= 15 is 0 Å². The van der Waals surface area contributed by atoms with Gasteiger partial charge in [0, 0.05) is 14.2 Å². The fourth-order valence-corrected chi connectivity index (χ4v) is 1.92. The van der Waals surface area contributed by atoms with Gasteiger partial charge in [0.1, 0.15) is 20.1 Å². The minimum absolute atomic E-state index is 0.171. The molecule has 1 heterocycles. The number of rotatable bonds is 9. The molecular formula is C15H25N3O7. The molecule has 1 aromatic heterocycles. The van der Waals surface area contributed by atoms with Gasteiger partial charge in [-0.05, 0) is 20.3 Å². The van der Waals surface area contributed by atoms with Crippen LogP contribution in [0.5, 0.6) is 0 Å². The van der Waals surface area contributed by atoms with Gasteiger partial charge in [-0.15, -0.1) is 0 Å². The third-order valence-corrected chi connectivity index (χ3v) is 3.89. The van der Waals surface area contributed by atoms with Gasteiger partial charge < -0.3 is 14.2 Å². The van der Waals surface area contributed by atoms with Crippen LogP contribution in [0.2, 0.25) is 0 Å². The van der Waals surface area contributed by atoms with Crippen molar-refractivity contribution >= 4 is 5.97 Å². The van der Waals surface area contributed by atoms with Gasteiger partial charge in [0.15, 0.2) is 0 Å². The molecule has 1 rings (SSSR count). The monoisotopic (exact) mass is 359 g/mol. The van der Waals surface area contributed by atoms with Crippen molar-refractivity contribution < 1.29 is 19.0 Å². The van der Waals surface area contributed by atoms with Crippen molar-refractivity contribution in [1.82, 2.24) is 13.7 Å². The zero-order valence-corrected chi connectivity index (χ0v) is 15.2. The molecule has 0 bridgehead atoms. The summed E-state index contributed by atoms with van der Waals surface area (Å²) in [6.07, 6.45) is 0.588. The van der Waals surface area contributed by atoms with Crippen LogP contribution in [0.3, 0.4) is 0 Å². The van der Waals surface area contributed by atoms with Crippen LogP contribution in [0, 0.1) is 5.41 Å². The summed E-state index contributed by atoms with van der Waals surface area (Å²) in [6, 6.07) is 0. The van der Waals surface area contributed by atoms with E-state index in [4.69, 9.17) is 14.2 Å². The number of hydrogen-bond donors (Lipinski definition) is 0. The first kappa shape index (κ1) is 20.8. The lowest BCUT2D eigenvalue weighted by Gasteiger charge is -2.20. The van der Waals surface area contributed by atoms with Gasteiger partial charge in [0.05, 0.1) is 12.0 Å². The zero-order chi connectivity index (χ0) is 19.2. The highest BCUT2D eigenvalue weighted by Crippen LogP contribution is 2.21. The van der Waals surface area contributed by atoms with Crippen LogP contribution in [-0.2, 0) is 39.0 Å². The van der Waals surface area contributed by atoms with E-state index in [1.807, 2.05) is 6.92 Å². The number of methoxy groups -OCH3 is 2. The van der Waals surface area contributed by atoms with Crippen molar-refractivity contribution in [1.29, 1.82) is 0 Å². The maximum Gasteiger partial charge on any atom is 0.340 e. The Bertz CT molecular complexity index is 729. The first-order chi connectivity index (χ1) is 11.7. The molecule has 0 aliphatic carbocycles. The molecule has 0 atom stereocenters. The predicted octanol–water partition coefficient (Wildman–Crippen LogP) is -0.641. The Balaban J connectivity index is 3.15. The van der Waals surface area contributed by atoms with Gasteiger partial charge in [-0.2, -0.15) is 0 Å². The summed E-state index contributed by atoms with van der Waals surface area (Å²) >= 11 is 0. The SMILES string of the molecule is CCC(C)(C)C(=O)OCCn1c(=O)n(COC)c(=O)n(COC)c1=O. The molecule has 0 saturated carbocycles. The van der Waals surface area contributed by atoms with Crippen LogP contribution in [0.4, 0.5) is 0 Å². The molecule has 10 nitrogen and oxygen atoms in total. The number of ether oxygens (including phenoxy) is 3. The third kappa shape index (κ3) is 4.67. The fraction of sp³-hybridized carbons (Fsp3) is 0.733. The molecule has 0 aliphatic heterocycles. The van der Waals surface area contributed by atoms with E-state index in [-0.39, 0.29) is 26.6 Å². The highest BCUT2D eigenvalue weighted by atomic mass is 16.5. The molecule has 25 heavy (non-hydrogen) atoms. The number of nitrogens with zero attached hydrogens (tertiary/aromatic N) is 3. The van der Waals surface area contributed by atoms with Crippen molar-refractivity contribution in [2.24, 2.45) is 5.41 Å².